The molecule has 1 aliphatic rings. The SMILES string of the molecule is O=C(NCCCN1CCN(c2ccccc2)CC1)c1ccc([N+](=O)[O-])cc1Cl. The van der Waals surface area contributed by atoms with E-state index in [-0.39, 0.29) is 22.2 Å². The fourth-order valence-electron chi connectivity index (χ4n) is 3.27. The van der Waals surface area contributed by atoms with Gasteiger partial charge in [-0.25, -0.2) is 0 Å². The first-order valence-electron chi connectivity index (χ1n) is 9.29. The van der Waals surface area contributed by atoms with E-state index >= 15 is 0 Å². The van der Waals surface area contributed by atoms with Crippen LogP contribution in [0.2, 0.25) is 5.02 Å². The number of amides is 1. The second-order valence-corrected chi connectivity index (χ2v) is 7.10. The van der Waals surface area contributed by atoms with E-state index in [2.05, 4.69) is 39.4 Å². The van der Waals surface area contributed by atoms with Gasteiger partial charge in [0, 0.05) is 50.5 Å². The summed E-state index contributed by atoms with van der Waals surface area (Å²) in [6.07, 6.45) is 0.835. The lowest BCUT2D eigenvalue weighted by Crippen LogP contribution is -2.47. The smallest absolute Gasteiger partial charge is 0.270 e. The third-order valence-corrected chi connectivity index (χ3v) is 5.15. The monoisotopic (exact) mass is 402 g/mol. The molecule has 0 saturated carbocycles. The molecular weight excluding hydrogens is 380 g/mol. The number of carbonyl (C=O) groups is 1. The fraction of sp³-hybridized carbons (Fsp3) is 0.350. The van der Waals surface area contributed by atoms with Gasteiger partial charge in [0.15, 0.2) is 0 Å². The molecule has 3 rings (SSSR count). The lowest BCUT2D eigenvalue weighted by molar-refractivity contribution is -0.384. The number of hydrogen-bond donors (Lipinski definition) is 1. The normalized spacial score (nSPS) is 14.7. The zero-order chi connectivity index (χ0) is 19.9. The molecule has 1 amide bonds. The van der Waals surface area contributed by atoms with Gasteiger partial charge in [-0.15, -0.1) is 0 Å². The first kappa shape index (κ1) is 20.1. The maximum Gasteiger partial charge on any atom is 0.270 e. The summed E-state index contributed by atoms with van der Waals surface area (Å²) in [4.78, 5) is 27.2. The largest absolute Gasteiger partial charge is 0.369 e. The van der Waals surface area contributed by atoms with Gasteiger partial charge in [0.25, 0.3) is 11.6 Å². The second-order valence-electron chi connectivity index (χ2n) is 6.69. The lowest BCUT2D eigenvalue weighted by Gasteiger charge is -2.36. The van der Waals surface area contributed by atoms with Crippen LogP contribution in [0.1, 0.15) is 16.8 Å². The Morgan fingerprint density at radius 3 is 2.46 bits per heavy atom. The van der Waals surface area contributed by atoms with Gasteiger partial charge >= 0.3 is 0 Å². The Kier molecular flexibility index (Phi) is 6.84. The highest BCUT2D eigenvalue weighted by Crippen LogP contribution is 2.22. The second kappa shape index (κ2) is 9.52. The molecule has 148 valence electrons. The fourth-order valence-corrected chi connectivity index (χ4v) is 3.53. The Bertz CT molecular complexity index is 823. The number of halogens is 1. The number of nitrogens with zero attached hydrogens (tertiary/aromatic N) is 3. The number of benzene rings is 2. The molecule has 1 N–H and O–H groups in total. The van der Waals surface area contributed by atoms with Gasteiger partial charge < -0.3 is 10.2 Å². The highest BCUT2D eigenvalue weighted by Gasteiger charge is 2.17. The molecule has 0 bridgehead atoms. The zero-order valence-electron chi connectivity index (χ0n) is 15.5. The number of piperazine rings is 1. The van der Waals surface area contributed by atoms with Crippen LogP contribution < -0.4 is 10.2 Å². The molecule has 1 heterocycles. The number of carbonyl (C=O) groups excluding carboxylic acids is 1. The quantitative estimate of drug-likeness (QED) is 0.437. The van der Waals surface area contributed by atoms with E-state index in [0.717, 1.165) is 39.1 Å². The van der Waals surface area contributed by atoms with Crippen LogP contribution in [0.3, 0.4) is 0 Å². The maximum absolute atomic E-state index is 12.2. The van der Waals surface area contributed by atoms with Gasteiger partial charge in [0.2, 0.25) is 0 Å². The first-order chi connectivity index (χ1) is 13.5. The van der Waals surface area contributed by atoms with E-state index in [0.29, 0.717) is 6.54 Å². The van der Waals surface area contributed by atoms with E-state index in [1.54, 1.807) is 0 Å². The molecule has 0 unspecified atom stereocenters. The Morgan fingerprint density at radius 2 is 1.82 bits per heavy atom. The van der Waals surface area contributed by atoms with E-state index in [1.807, 2.05) is 6.07 Å². The Hall–Kier alpha value is -2.64. The minimum Gasteiger partial charge on any atom is -0.369 e. The van der Waals surface area contributed by atoms with Crippen molar-refractivity contribution in [1.29, 1.82) is 0 Å². The number of anilines is 1. The van der Waals surface area contributed by atoms with Gasteiger partial charge in [-0.05, 0) is 31.2 Å². The van der Waals surface area contributed by atoms with Crippen LogP contribution >= 0.6 is 11.6 Å². The molecular formula is C20H23ClN4O3. The highest BCUT2D eigenvalue weighted by atomic mass is 35.5. The Labute approximate surface area is 169 Å². The van der Waals surface area contributed by atoms with Crippen LogP contribution in [-0.4, -0.2) is 55.0 Å². The summed E-state index contributed by atoms with van der Waals surface area (Å²) in [5.41, 5.74) is 1.38. The van der Waals surface area contributed by atoms with Gasteiger partial charge in [-0.3, -0.25) is 19.8 Å². The molecule has 8 heteroatoms. The van der Waals surface area contributed by atoms with E-state index in [4.69, 9.17) is 11.6 Å². The van der Waals surface area contributed by atoms with Crippen molar-refractivity contribution in [2.24, 2.45) is 0 Å². The average Bonchev–Trinajstić information content (AvgIpc) is 2.72. The van der Waals surface area contributed by atoms with Crippen molar-refractivity contribution >= 4 is 28.9 Å². The number of nitro benzene ring substituents is 1. The van der Waals surface area contributed by atoms with Gasteiger partial charge in [0.1, 0.15) is 0 Å². The summed E-state index contributed by atoms with van der Waals surface area (Å²) in [6.45, 7) is 5.43. The van der Waals surface area contributed by atoms with Gasteiger partial charge in [-0.2, -0.15) is 0 Å². The van der Waals surface area contributed by atoms with Crippen molar-refractivity contribution in [1.82, 2.24) is 10.2 Å². The molecule has 0 aromatic heterocycles. The molecule has 0 spiro atoms. The Balaban J connectivity index is 1.38. The summed E-state index contributed by atoms with van der Waals surface area (Å²) in [7, 11) is 0. The topological polar surface area (TPSA) is 78.7 Å². The van der Waals surface area contributed by atoms with Crippen molar-refractivity contribution in [3.05, 3.63) is 69.2 Å². The molecule has 2 aromatic carbocycles. The van der Waals surface area contributed by atoms with Crippen molar-refractivity contribution in [3.8, 4) is 0 Å². The number of non-ortho nitro benzene ring substituents is 1. The third kappa shape index (κ3) is 5.21. The van der Waals surface area contributed by atoms with E-state index in [1.165, 1.54) is 23.9 Å². The summed E-state index contributed by atoms with van der Waals surface area (Å²) in [5, 5.41) is 13.7. The molecule has 2 aromatic rings. The van der Waals surface area contributed by atoms with Crippen molar-refractivity contribution in [2.45, 2.75) is 6.42 Å². The number of hydrogen-bond acceptors (Lipinski definition) is 5. The van der Waals surface area contributed by atoms with Crippen LogP contribution in [0, 0.1) is 10.1 Å². The van der Waals surface area contributed by atoms with E-state index < -0.39 is 4.92 Å². The van der Waals surface area contributed by atoms with Crippen molar-refractivity contribution in [3.63, 3.8) is 0 Å². The molecule has 1 saturated heterocycles. The van der Waals surface area contributed by atoms with Crippen LogP contribution in [0.25, 0.3) is 0 Å². The lowest BCUT2D eigenvalue weighted by atomic mass is 10.2. The summed E-state index contributed by atoms with van der Waals surface area (Å²) in [6, 6.07) is 14.3. The minimum atomic E-state index is -0.537. The predicted molar refractivity (Wildman–Crippen MR) is 110 cm³/mol. The van der Waals surface area contributed by atoms with Crippen LogP contribution in [0.15, 0.2) is 48.5 Å². The number of nitrogens with one attached hydrogen (secondary N) is 1. The third-order valence-electron chi connectivity index (χ3n) is 4.84. The van der Waals surface area contributed by atoms with Crippen molar-refractivity contribution < 1.29 is 9.72 Å². The molecule has 0 radical (unpaired) electrons. The van der Waals surface area contributed by atoms with Crippen LogP contribution in [0.5, 0.6) is 0 Å². The molecule has 7 nitrogen and oxygen atoms in total. The van der Waals surface area contributed by atoms with Gasteiger partial charge in [0.05, 0.1) is 15.5 Å². The molecule has 1 fully saturated rings. The van der Waals surface area contributed by atoms with Gasteiger partial charge in [-0.1, -0.05) is 29.8 Å². The predicted octanol–water partition coefficient (Wildman–Crippen LogP) is 3.19. The standard InChI is InChI=1S/C20H23ClN4O3/c21-19-15-17(25(27)28)7-8-18(19)20(26)22-9-4-10-23-11-13-24(14-12-23)16-5-2-1-3-6-16/h1-3,5-8,15H,4,9-14H2,(H,22,26). The molecule has 28 heavy (non-hydrogen) atoms. The summed E-state index contributed by atoms with van der Waals surface area (Å²) >= 11 is 5.99. The minimum absolute atomic E-state index is 0.0868. The number of nitro groups is 1. The summed E-state index contributed by atoms with van der Waals surface area (Å²) in [5.74, 6) is -0.311. The average molecular weight is 403 g/mol. The number of rotatable bonds is 7. The highest BCUT2D eigenvalue weighted by molar-refractivity contribution is 6.34. The summed E-state index contributed by atoms with van der Waals surface area (Å²) < 4.78 is 0. The number of para-hydroxylation sites is 1. The van der Waals surface area contributed by atoms with Crippen LogP contribution in [-0.2, 0) is 0 Å². The van der Waals surface area contributed by atoms with Crippen LogP contribution in [0.4, 0.5) is 11.4 Å². The maximum atomic E-state index is 12.2. The zero-order valence-corrected chi connectivity index (χ0v) is 16.3. The molecule has 0 aliphatic carbocycles. The van der Waals surface area contributed by atoms with E-state index in [9.17, 15) is 14.9 Å². The molecule has 1 aliphatic heterocycles. The van der Waals surface area contributed by atoms with Crippen molar-refractivity contribution in [2.75, 3.05) is 44.2 Å². The Morgan fingerprint density at radius 1 is 1.11 bits per heavy atom. The molecule has 0 atom stereocenters. The first-order valence-corrected chi connectivity index (χ1v) is 9.67.